The van der Waals surface area contributed by atoms with Crippen LogP contribution < -0.4 is 4.74 Å². The molecule has 2 aromatic carbocycles. The van der Waals surface area contributed by atoms with Crippen molar-refractivity contribution in [3.05, 3.63) is 65.2 Å². The SMILES string of the molecule is CO/N=C/c1ccc(C(=O)N(C)CCOc2ccccc2C)cc1. The lowest BCUT2D eigenvalue weighted by Gasteiger charge is -2.18. The summed E-state index contributed by atoms with van der Waals surface area (Å²) >= 11 is 0. The number of hydrogen-bond acceptors (Lipinski definition) is 4. The molecule has 0 radical (unpaired) electrons. The van der Waals surface area contributed by atoms with Gasteiger partial charge in [-0.3, -0.25) is 4.79 Å². The van der Waals surface area contributed by atoms with Gasteiger partial charge in [0.15, 0.2) is 0 Å². The number of amides is 1. The molecule has 0 aliphatic heterocycles. The fourth-order valence-electron chi connectivity index (χ4n) is 2.16. The van der Waals surface area contributed by atoms with E-state index in [1.807, 2.05) is 43.3 Å². The highest BCUT2D eigenvalue weighted by Gasteiger charge is 2.11. The Morgan fingerprint density at radius 3 is 2.54 bits per heavy atom. The minimum absolute atomic E-state index is 0.0430. The number of benzene rings is 2. The number of ether oxygens (including phenoxy) is 1. The third kappa shape index (κ3) is 4.84. The maximum absolute atomic E-state index is 12.4. The zero-order valence-electron chi connectivity index (χ0n) is 14.2. The molecule has 0 unspecified atom stereocenters. The number of aryl methyl sites for hydroxylation is 1. The van der Waals surface area contributed by atoms with E-state index in [1.165, 1.54) is 7.11 Å². The molecule has 24 heavy (non-hydrogen) atoms. The molecule has 2 rings (SSSR count). The van der Waals surface area contributed by atoms with Crippen LogP contribution in [0.2, 0.25) is 0 Å². The second kappa shape index (κ2) is 8.72. The highest BCUT2D eigenvalue weighted by Crippen LogP contribution is 2.16. The van der Waals surface area contributed by atoms with Crippen molar-refractivity contribution in [3.63, 3.8) is 0 Å². The highest BCUT2D eigenvalue weighted by molar-refractivity contribution is 5.94. The molecule has 5 heteroatoms. The fourth-order valence-corrected chi connectivity index (χ4v) is 2.16. The number of rotatable bonds is 7. The molecule has 0 aromatic heterocycles. The maximum atomic E-state index is 12.4. The quantitative estimate of drug-likeness (QED) is 0.580. The van der Waals surface area contributed by atoms with Crippen molar-refractivity contribution in [1.82, 2.24) is 4.90 Å². The van der Waals surface area contributed by atoms with Gasteiger partial charge in [-0.05, 0) is 36.2 Å². The lowest BCUT2D eigenvalue weighted by molar-refractivity contribution is 0.0773. The van der Waals surface area contributed by atoms with Crippen molar-refractivity contribution in [2.45, 2.75) is 6.92 Å². The molecule has 126 valence electrons. The number of nitrogens with zero attached hydrogens (tertiary/aromatic N) is 2. The smallest absolute Gasteiger partial charge is 0.253 e. The molecule has 0 atom stereocenters. The van der Waals surface area contributed by atoms with E-state index < -0.39 is 0 Å². The molecule has 0 saturated carbocycles. The summed E-state index contributed by atoms with van der Waals surface area (Å²) in [5.74, 6) is 0.804. The number of carbonyl (C=O) groups is 1. The average molecular weight is 326 g/mol. The predicted octanol–water partition coefficient (Wildman–Crippen LogP) is 3.13. The van der Waals surface area contributed by atoms with Gasteiger partial charge >= 0.3 is 0 Å². The number of hydrogen-bond donors (Lipinski definition) is 0. The van der Waals surface area contributed by atoms with Gasteiger partial charge in [-0.25, -0.2) is 0 Å². The Bertz CT molecular complexity index is 696. The molecule has 0 spiro atoms. The Morgan fingerprint density at radius 2 is 1.88 bits per heavy atom. The Balaban J connectivity index is 1.87. The molecule has 0 aliphatic rings. The first-order chi connectivity index (χ1) is 11.6. The summed E-state index contributed by atoms with van der Waals surface area (Å²) in [6, 6.07) is 15.0. The zero-order valence-corrected chi connectivity index (χ0v) is 14.2. The monoisotopic (exact) mass is 326 g/mol. The third-order valence-electron chi connectivity index (χ3n) is 3.59. The van der Waals surface area contributed by atoms with E-state index in [-0.39, 0.29) is 5.91 Å². The minimum atomic E-state index is -0.0430. The Labute approximate surface area is 142 Å². The minimum Gasteiger partial charge on any atom is -0.491 e. The van der Waals surface area contributed by atoms with Gasteiger partial charge in [-0.2, -0.15) is 0 Å². The van der Waals surface area contributed by atoms with Gasteiger partial charge in [0.2, 0.25) is 0 Å². The molecule has 0 aliphatic carbocycles. The van der Waals surface area contributed by atoms with Crippen molar-refractivity contribution in [2.24, 2.45) is 5.16 Å². The molecule has 0 fully saturated rings. The molecule has 0 heterocycles. The van der Waals surface area contributed by atoms with Crippen molar-refractivity contribution in [1.29, 1.82) is 0 Å². The van der Waals surface area contributed by atoms with E-state index in [4.69, 9.17) is 4.74 Å². The summed E-state index contributed by atoms with van der Waals surface area (Å²) in [5, 5.41) is 3.69. The lowest BCUT2D eigenvalue weighted by atomic mass is 10.1. The van der Waals surface area contributed by atoms with E-state index in [0.29, 0.717) is 18.7 Å². The summed E-state index contributed by atoms with van der Waals surface area (Å²) in [6.45, 7) is 2.96. The largest absolute Gasteiger partial charge is 0.491 e. The molecule has 0 bridgehead atoms. The molecule has 0 N–H and O–H groups in total. The first-order valence-electron chi connectivity index (χ1n) is 7.72. The van der Waals surface area contributed by atoms with Gasteiger partial charge in [0.1, 0.15) is 19.5 Å². The van der Waals surface area contributed by atoms with Crippen LogP contribution in [-0.4, -0.2) is 44.3 Å². The van der Waals surface area contributed by atoms with Crippen LogP contribution in [-0.2, 0) is 4.84 Å². The van der Waals surface area contributed by atoms with E-state index >= 15 is 0 Å². The number of carbonyl (C=O) groups excluding carboxylic acids is 1. The Kier molecular flexibility index (Phi) is 6.37. The second-order valence-electron chi connectivity index (χ2n) is 5.38. The zero-order chi connectivity index (χ0) is 17.4. The van der Waals surface area contributed by atoms with Crippen LogP contribution in [0, 0.1) is 6.92 Å². The summed E-state index contributed by atoms with van der Waals surface area (Å²) in [5.41, 5.74) is 2.58. The molecule has 0 saturated heterocycles. The number of likely N-dealkylation sites (N-methyl/N-ethyl adjacent to an activating group) is 1. The van der Waals surface area contributed by atoms with Crippen LogP contribution in [0.25, 0.3) is 0 Å². The van der Waals surface area contributed by atoms with Gasteiger partial charge in [0.25, 0.3) is 5.91 Å². The predicted molar refractivity (Wildman–Crippen MR) is 94.7 cm³/mol. The van der Waals surface area contributed by atoms with Crippen LogP contribution >= 0.6 is 0 Å². The average Bonchev–Trinajstić information content (AvgIpc) is 2.61. The lowest BCUT2D eigenvalue weighted by Crippen LogP contribution is -2.30. The van der Waals surface area contributed by atoms with E-state index in [9.17, 15) is 4.79 Å². The number of para-hydroxylation sites is 1. The molecule has 2 aromatic rings. The van der Waals surface area contributed by atoms with E-state index in [1.54, 1.807) is 30.3 Å². The van der Waals surface area contributed by atoms with Crippen molar-refractivity contribution in [3.8, 4) is 5.75 Å². The number of oxime groups is 1. The highest BCUT2D eigenvalue weighted by atomic mass is 16.6. The summed E-state index contributed by atoms with van der Waals surface area (Å²) < 4.78 is 5.73. The van der Waals surface area contributed by atoms with Crippen molar-refractivity contribution >= 4 is 12.1 Å². The first-order valence-corrected chi connectivity index (χ1v) is 7.72. The van der Waals surface area contributed by atoms with Gasteiger partial charge in [0, 0.05) is 12.6 Å². The maximum Gasteiger partial charge on any atom is 0.253 e. The van der Waals surface area contributed by atoms with Gasteiger partial charge in [-0.1, -0.05) is 35.5 Å². The van der Waals surface area contributed by atoms with Crippen LogP contribution in [0.5, 0.6) is 5.75 Å². The molecular weight excluding hydrogens is 304 g/mol. The van der Waals surface area contributed by atoms with E-state index in [0.717, 1.165) is 16.9 Å². The fraction of sp³-hybridized carbons (Fsp3) is 0.263. The van der Waals surface area contributed by atoms with Crippen molar-refractivity contribution < 1.29 is 14.4 Å². The van der Waals surface area contributed by atoms with Crippen LogP contribution in [0.1, 0.15) is 21.5 Å². The van der Waals surface area contributed by atoms with Crippen molar-refractivity contribution in [2.75, 3.05) is 27.3 Å². The standard InChI is InChI=1S/C19H22N2O3/c1-15-6-4-5-7-18(15)24-13-12-21(2)19(22)17-10-8-16(9-11-17)14-20-23-3/h4-11,14H,12-13H2,1-3H3/b20-14+. The second-order valence-corrected chi connectivity index (χ2v) is 5.38. The Hall–Kier alpha value is -2.82. The summed E-state index contributed by atoms with van der Waals surface area (Å²) in [6.07, 6.45) is 1.59. The third-order valence-corrected chi connectivity index (χ3v) is 3.59. The van der Waals surface area contributed by atoms with Crippen LogP contribution in [0.15, 0.2) is 53.7 Å². The molecule has 5 nitrogen and oxygen atoms in total. The first kappa shape index (κ1) is 17.5. The molecule has 1 amide bonds. The van der Waals surface area contributed by atoms with Gasteiger partial charge < -0.3 is 14.5 Å². The summed E-state index contributed by atoms with van der Waals surface area (Å²) in [7, 11) is 3.26. The molecular formula is C19H22N2O3. The van der Waals surface area contributed by atoms with Crippen LogP contribution in [0.4, 0.5) is 0 Å². The van der Waals surface area contributed by atoms with E-state index in [2.05, 4.69) is 9.99 Å². The van der Waals surface area contributed by atoms with Crippen LogP contribution in [0.3, 0.4) is 0 Å². The summed E-state index contributed by atoms with van der Waals surface area (Å²) in [4.78, 5) is 18.7. The normalized spacial score (nSPS) is 10.6. The Morgan fingerprint density at radius 1 is 1.17 bits per heavy atom. The van der Waals surface area contributed by atoms with Gasteiger partial charge in [-0.15, -0.1) is 0 Å². The topological polar surface area (TPSA) is 51.1 Å². The van der Waals surface area contributed by atoms with Gasteiger partial charge in [0.05, 0.1) is 12.8 Å².